The van der Waals surface area contributed by atoms with Crippen molar-refractivity contribution < 1.29 is 14.0 Å². The average Bonchev–Trinajstić information content (AvgIpc) is 2.98. The van der Waals surface area contributed by atoms with Gasteiger partial charge in [-0.05, 0) is 30.7 Å². The summed E-state index contributed by atoms with van der Waals surface area (Å²) < 4.78 is 14.1. The van der Waals surface area contributed by atoms with Gasteiger partial charge in [-0.3, -0.25) is 9.59 Å². The van der Waals surface area contributed by atoms with Crippen molar-refractivity contribution in [3.63, 3.8) is 0 Å². The maximum absolute atomic E-state index is 14.1. The first-order chi connectivity index (χ1) is 12.3. The smallest absolute Gasteiger partial charge is 0.256 e. The fraction of sp³-hybridized carbons (Fsp3) is 0.300. The fourth-order valence-corrected chi connectivity index (χ4v) is 3.52. The highest BCUT2D eigenvalue weighted by molar-refractivity contribution is 6.30. The van der Waals surface area contributed by atoms with Gasteiger partial charge in [-0.1, -0.05) is 41.4 Å². The van der Waals surface area contributed by atoms with E-state index in [9.17, 15) is 14.0 Å². The fourth-order valence-electron chi connectivity index (χ4n) is 3.36. The molecule has 6 heteroatoms. The molecular weight excluding hydrogens is 355 g/mol. The first kappa shape index (κ1) is 18.4. The Labute approximate surface area is 157 Å². The quantitative estimate of drug-likeness (QED) is 0.893. The molecular formula is C20H20ClFN2O2. The molecule has 2 amide bonds. The molecule has 0 radical (unpaired) electrons. The maximum Gasteiger partial charge on any atom is 0.256 e. The van der Waals surface area contributed by atoms with E-state index in [0.29, 0.717) is 13.1 Å². The number of halogens is 2. The molecule has 4 nitrogen and oxygen atoms in total. The van der Waals surface area contributed by atoms with Crippen LogP contribution in [0.1, 0.15) is 34.3 Å². The van der Waals surface area contributed by atoms with Crippen LogP contribution in [0.5, 0.6) is 0 Å². The van der Waals surface area contributed by atoms with Gasteiger partial charge in [-0.25, -0.2) is 4.39 Å². The van der Waals surface area contributed by atoms with Crippen molar-refractivity contribution in [1.29, 1.82) is 0 Å². The second-order valence-corrected chi connectivity index (χ2v) is 7.09. The van der Waals surface area contributed by atoms with Crippen molar-refractivity contribution >= 4 is 23.4 Å². The lowest BCUT2D eigenvalue weighted by Crippen LogP contribution is -2.39. The van der Waals surface area contributed by atoms with Crippen molar-refractivity contribution in [3.05, 3.63) is 70.0 Å². The van der Waals surface area contributed by atoms with E-state index < -0.39 is 11.7 Å². The molecule has 0 aromatic heterocycles. The molecule has 1 N–H and O–H groups in total. The topological polar surface area (TPSA) is 49.4 Å². The summed E-state index contributed by atoms with van der Waals surface area (Å²) in [5, 5.41) is 3.16. The molecule has 0 unspecified atom stereocenters. The number of rotatable bonds is 3. The standard InChI is InChI=1S/C20H20ClFN2O2/c1-12-3-5-14(6-4-12)17-10-24(11-19(17)23-13(2)25)20(26)16-8-7-15(21)9-18(16)22/h3-9,17,19H,10-11H2,1-2H3,(H,23,25)/t17-,19+/m0/s1. The number of carbonyl (C=O) groups excluding carboxylic acids is 2. The SMILES string of the molecule is CC(=O)N[C@@H]1CN(C(=O)c2ccc(Cl)cc2F)C[C@H]1c1ccc(C)cc1. The molecule has 136 valence electrons. The lowest BCUT2D eigenvalue weighted by Gasteiger charge is -2.19. The van der Waals surface area contributed by atoms with Crippen molar-refractivity contribution in [1.82, 2.24) is 10.2 Å². The van der Waals surface area contributed by atoms with Crippen LogP contribution in [0.3, 0.4) is 0 Å². The largest absolute Gasteiger partial charge is 0.351 e. The van der Waals surface area contributed by atoms with Crippen LogP contribution in [-0.2, 0) is 4.79 Å². The Morgan fingerprint density at radius 1 is 1.15 bits per heavy atom. The lowest BCUT2D eigenvalue weighted by molar-refractivity contribution is -0.119. The number of hydrogen-bond acceptors (Lipinski definition) is 2. The van der Waals surface area contributed by atoms with Crippen LogP contribution in [0, 0.1) is 12.7 Å². The van der Waals surface area contributed by atoms with E-state index in [1.807, 2.05) is 31.2 Å². The van der Waals surface area contributed by atoms with Gasteiger partial charge in [0, 0.05) is 31.0 Å². The predicted molar refractivity (Wildman–Crippen MR) is 98.8 cm³/mol. The van der Waals surface area contributed by atoms with Gasteiger partial charge in [0.2, 0.25) is 5.91 Å². The third-order valence-corrected chi connectivity index (χ3v) is 4.90. The Bertz CT molecular complexity index is 838. The Morgan fingerprint density at radius 2 is 1.85 bits per heavy atom. The molecule has 1 fully saturated rings. The summed E-state index contributed by atoms with van der Waals surface area (Å²) in [5.74, 6) is -1.24. The van der Waals surface area contributed by atoms with Gasteiger partial charge < -0.3 is 10.2 Å². The predicted octanol–water partition coefficient (Wildman–Crippen LogP) is 3.53. The third kappa shape index (κ3) is 3.88. The minimum absolute atomic E-state index is 0.0134. The van der Waals surface area contributed by atoms with Gasteiger partial charge in [0.05, 0.1) is 11.6 Å². The summed E-state index contributed by atoms with van der Waals surface area (Å²) in [6, 6.07) is 11.8. The van der Waals surface area contributed by atoms with E-state index in [-0.39, 0.29) is 28.5 Å². The molecule has 3 rings (SSSR count). The third-order valence-electron chi connectivity index (χ3n) is 4.66. The van der Waals surface area contributed by atoms with Crippen LogP contribution in [0.4, 0.5) is 4.39 Å². The molecule has 1 heterocycles. The second-order valence-electron chi connectivity index (χ2n) is 6.66. The van der Waals surface area contributed by atoms with Gasteiger partial charge in [0.25, 0.3) is 5.91 Å². The first-order valence-electron chi connectivity index (χ1n) is 8.43. The molecule has 2 aromatic rings. The number of likely N-dealkylation sites (tertiary alicyclic amines) is 1. The Hall–Kier alpha value is -2.40. The van der Waals surface area contributed by atoms with Crippen molar-refractivity contribution in [2.24, 2.45) is 0 Å². The number of amides is 2. The Kier molecular flexibility index (Phi) is 5.28. The molecule has 0 spiro atoms. The van der Waals surface area contributed by atoms with Crippen LogP contribution in [0.15, 0.2) is 42.5 Å². The normalized spacial score (nSPS) is 19.5. The van der Waals surface area contributed by atoms with Gasteiger partial charge >= 0.3 is 0 Å². The van der Waals surface area contributed by atoms with Crippen LogP contribution in [-0.4, -0.2) is 35.8 Å². The zero-order valence-corrected chi connectivity index (χ0v) is 15.4. The number of nitrogens with one attached hydrogen (secondary N) is 1. The van der Waals surface area contributed by atoms with Crippen LogP contribution in [0.2, 0.25) is 5.02 Å². The van der Waals surface area contributed by atoms with Crippen LogP contribution in [0.25, 0.3) is 0 Å². The summed E-state index contributed by atoms with van der Waals surface area (Å²) in [4.78, 5) is 25.9. The van der Waals surface area contributed by atoms with E-state index in [1.165, 1.54) is 19.1 Å². The molecule has 1 aliphatic rings. The van der Waals surface area contributed by atoms with Gasteiger partial charge in [0.15, 0.2) is 0 Å². The Balaban J connectivity index is 1.86. The van der Waals surface area contributed by atoms with E-state index in [1.54, 1.807) is 4.90 Å². The molecule has 0 bridgehead atoms. The minimum atomic E-state index is -0.641. The van der Waals surface area contributed by atoms with E-state index in [4.69, 9.17) is 11.6 Å². The van der Waals surface area contributed by atoms with E-state index in [2.05, 4.69) is 5.32 Å². The molecule has 1 saturated heterocycles. The highest BCUT2D eigenvalue weighted by atomic mass is 35.5. The molecule has 0 saturated carbocycles. The summed E-state index contributed by atoms with van der Waals surface area (Å²) in [5.41, 5.74) is 2.17. The van der Waals surface area contributed by atoms with Gasteiger partial charge in [-0.2, -0.15) is 0 Å². The highest BCUT2D eigenvalue weighted by Crippen LogP contribution is 2.29. The summed E-state index contributed by atoms with van der Waals surface area (Å²) in [6.07, 6.45) is 0. The monoisotopic (exact) mass is 374 g/mol. The number of carbonyl (C=O) groups is 2. The summed E-state index contributed by atoms with van der Waals surface area (Å²) >= 11 is 5.77. The number of nitrogens with zero attached hydrogens (tertiary/aromatic N) is 1. The zero-order chi connectivity index (χ0) is 18.8. The van der Waals surface area contributed by atoms with Crippen molar-refractivity contribution in [2.45, 2.75) is 25.8 Å². The van der Waals surface area contributed by atoms with E-state index >= 15 is 0 Å². The summed E-state index contributed by atoms with van der Waals surface area (Å²) in [6.45, 7) is 4.20. The zero-order valence-electron chi connectivity index (χ0n) is 14.6. The number of benzene rings is 2. The van der Waals surface area contributed by atoms with Gasteiger partial charge in [-0.15, -0.1) is 0 Å². The Morgan fingerprint density at radius 3 is 2.46 bits per heavy atom. The minimum Gasteiger partial charge on any atom is -0.351 e. The molecule has 1 aliphatic heterocycles. The molecule has 26 heavy (non-hydrogen) atoms. The second kappa shape index (κ2) is 7.46. The number of aryl methyl sites for hydroxylation is 1. The van der Waals surface area contributed by atoms with E-state index in [0.717, 1.165) is 17.2 Å². The first-order valence-corrected chi connectivity index (χ1v) is 8.81. The van der Waals surface area contributed by atoms with Crippen LogP contribution < -0.4 is 5.32 Å². The molecule has 2 aromatic carbocycles. The maximum atomic E-state index is 14.1. The molecule has 0 aliphatic carbocycles. The van der Waals surface area contributed by atoms with Gasteiger partial charge in [0.1, 0.15) is 5.82 Å². The van der Waals surface area contributed by atoms with Crippen molar-refractivity contribution in [3.8, 4) is 0 Å². The number of hydrogen-bond donors (Lipinski definition) is 1. The van der Waals surface area contributed by atoms with Crippen molar-refractivity contribution in [2.75, 3.05) is 13.1 Å². The summed E-state index contributed by atoms with van der Waals surface area (Å²) in [7, 11) is 0. The highest BCUT2D eigenvalue weighted by Gasteiger charge is 2.37. The lowest BCUT2D eigenvalue weighted by atomic mass is 9.93. The van der Waals surface area contributed by atoms with Crippen LogP contribution >= 0.6 is 11.6 Å². The average molecular weight is 375 g/mol. The molecule has 2 atom stereocenters.